The highest BCUT2D eigenvalue weighted by molar-refractivity contribution is 7.92. The Morgan fingerprint density at radius 2 is 1.92 bits per heavy atom. The molecule has 4 heteroatoms. The summed E-state index contributed by atoms with van der Waals surface area (Å²) in [5.41, 5.74) is 0. The number of sulfone groups is 1. The zero-order chi connectivity index (χ0) is 10.1. The summed E-state index contributed by atoms with van der Waals surface area (Å²) in [6.07, 6.45) is 1.86. The second-order valence-corrected chi connectivity index (χ2v) is 6.23. The molecule has 1 fully saturated rings. The van der Waals surface area contributed by atoms with Crippen LogP contribution in [0.1, 0.15) is 33.1 Å². The van der Waals surface area contributed by atoms with Crippen LogP contribution in [-0.2, 0) is 9.84 Å². The van der Waals surface area contributed by atoms with Crippen molar-refractivity contribution < 1.29 is 13.5 Å². The molecule has 0 saturated heterocycles. The van der Waals surface area contributed by atoms with Gasteiger partial charge in [-0.05, 0) is 25.2 Å². The first-order chi connectivity index (χ1) is 6.03. The first kappa shape index (κ1) is 11.0. The Bertz CT molecular complexity index is 254. The van der Waals surface area contributed by atoms with Gasteiger partial charge in [0, 0.05) is 5.75 Å². The molecule has 0 amide bonds. The summed E-state index contributed by atoms with van der Waals surface area (Å²) in [4.78, 5) is 0. The SMILES string of the molecule is CC[C@@H]([C@H](O)C1CC1)S(=O)(=O)CC. The summed E-state index contributed by atoms with van der Waals surface area (Å²) in [6.45, 7) is 3.46. The van der Waals surface area contributed by atoms with Crippen LogP contribution in [0.4, 0.5) is 0 Å². The first-order valence-electron chi connectivity index (χ1n) is 4.92. The van der Waals surface area contributed by atoms with Crippen LogP contribution in [0.5, 0.6) is 0 Å². The van der Waals surface area contributed by atoms with E-state index in [0.29, 0.717) is 6.42 Å². The van der Waals surface area contributed by atoms with Crippen LogP contribution >= 0.6 is 0 Å². The van der Waals surface area contributed by atoms with E-state index in [1.165, 1.54) is 0 Å². The maximum atomic E-state index is 11.5. The van der Waals surface area contributed by atoms with Gasteiger partial charge in [0.2, 0.25) is 0 Å². The molecule has 0 aromatic carbocycles. The smallest absolute Gasteiger partial charge is 0.155 e. The van der Waals surface area contributed by atoms with Gasteiger partial charge in [0.15, 0.2) is 9.84 Å². The minimum atomic E-state index is -3.06. The summed E-state index contributed by atoms with van der Waals surface area (Å²) < 4.78 is 23.1. The Hall–Kier alpha value is -0.0900. The molecule has 0 heterocycles. The maximum Gasteiger partial charge on any atom is 0.155 e. The summed E-state index contributed by atoms with van der Waals surface area (Å²) >= 11 is 0. The van der Waals surface area contributed by atoms with Crippen molar-refractivity contribution in [3.63, 3.8) is 0 Å². The number of aliphatic hydroxyl groups is 1. The van der Waals surface area contributed by atoms with E-state index in [1.54, 1.807) is 6.92 Å². The maximum absolute atomic E-state index is 11.5. The quantitative estimate of drug-likeness (QED) is 0.729. The van der Waals surface area contributed by atoms with Gasteiger partial charge in [0.1, 0.15) is 0 Å². The van der Waals surface area contributed by atoms with Crippen LogP contribution < -0.4 is 0 Å². The molecular weight excluding hydrogens is 188 g/mol. The molecule has 0 unspecified atom stereocenters. The van der Waals surface area contributed by atoms with Crippen LogP contribution in [0.2, 0.25) is 0 Å². The van der Waals surface area contributed by atoms with Gasteiger partial charge >= 0.3 is 0 Å². The molecule has 1 rings (SSSR count). The van der Waals surface area contributed by atoms with Gasteiger partial charge in [-0.3, -0.25) is 0 Å². The van der Waals surface area contributed by atoms with Crippen molar-refractivity contribution in [3.8, 4) is 0 Å². The molecular formula is C9H18O3S. The average molecular weight is 206 g/mol. The van der Waals surface area contributed by atoms with Gasteiger partial charge in [0.25, 0.3) is 0 Å². The standard InChI is InChI=1S/C9H18O3S/c1-3-8(13(11,12)4-2)9(10)7-5-6-7/h7-10H,3-6H2,1-2H3/t8-,9+/m0/s1. The van der Waals surface area contributed by atoms with Gasteiger partial charge in [-0.1, -0.05) is 13.8 Å². The lowest BCUT2D eigenvalue weighted by molar-refractivity contribution is 0.143. The largest absolute Gasteiger partial charge is 0.391 e. The monoisotopic (exact) mass is 206 g/mol. The number of hydrogen-bond donors (Lipinski definition) is 1. The summed E-state index contributed by atoms with van der Waals surface area (Å²) in [7, 11) is -3.06. The highest BCUT2D eigenvalue weighted by Crippen LogP contribution is 2.36. The van der Waals surface area contributed by atoms with Gasteiger partial charge in [0.05, 0.1) is 11.4 Å². The summed E-state index contributed by atoms with van der Waals surface area (Å²) in [5, 5.41) is 9.20. The minimum absolute atomic E-state index is 0.134. The van der Waals surface area contributed by atoms with Crippen molar-refractivity contribution in [2.24, 2.45) is 5.92 Å². The lowest BCUT2D eigenvalue weighted by atomic mass is 10.1. The third-order valence-corrected chi connectivity index (χ3v) is 5.09. The molecule has 0 bridgehead atoms. The van der Waals surface area contributed by atoms with E-state index in [-0.39, 0.29) is 11.7 Å². The predicted octanol–water partition coefficient (Wildman–Crippen LogP) is 0.971. The summed E-state index contributed by atoms with van der Waals surface area (Å²) in [5.74, 6) is 0.376. The highest BCUT2D eigenvalue weighted by Gasteiger charge is 2.39. The molecule has 0 aromatic rings. The molecule has 1 saturated carbocycles. The second-order valence-electron chi connectivity index (χ2n) is 3.73. The third-order valence-electron chi connectivity index (χ3n) is 2.75. The lowest BCUT2D eigenvalue weighted by Gasteiger charge is -2.20. The van der Waals surface area contributed by atoms with Crippen molar-refractivity contribution in [2.75, 3.05) is 5.75 Å². The number of aliphatic hydroxyl groups excluding tert-OH is 1. The minimum Gasteiger partial charge on any atom is -0.391 e. The van der Waals surface area contributed by atoms with Crippen molar-refractivity contribution in [2.45, 2.75) is 44.5 Å². The first-order valence-corrected chi connectivity index (χ1v) is 6.64. The zero-order valence-corrected chi connectivity index (χ0v) is 9.05. The Kier molecular flexibility index (Phi) is 3.35. The number of rotatable bonds is 5. The van der Waals surface area contributed by atoms with E-state index in [4.69, 9.17) is 0 Å². The Morgan fingerprint density at radius 1 is 1.38 bits per heavy atom. The van der Waals surface area contributed by atoms with Crippen molar-refractivity contribution in [3.05, 3.63) is 0 Å². The second kappa shape index (κ2) is 3.96. The van der Waals surface area contributed by atoms with Gasteiger partial charge in [-0.15, -0.1) is 0 Å². The van der Waals surface area contributed by atoms with Gasteiger partial charge in [-0.2, -0.15) is 0 Å². The van der Waals surface area contributed by atoms with Crippen molar-refractivity contribution in [1.29, 1.82) is 0 Å². The average Bonchev–Trinajstić information content (AvgIpc) is 2.87. The molecule has 0 aromatic heterocycles. The summed E-state index contributed by atoms with van der Waals surface area (Å²) in [6, 6.07) is 0. The molecule has 2 atom stereocenters. The lowest BCUT2D eigenvalue weighted by Crippen LogP contribution is -2.36. The molecule has 78 valence electrons. The molecule has 0 aliphatic heterocycles. The zero-order valence-electron chi connectivity index (χ0n) is 8.23. The van der Waals surface area contributed by atoms with E-state index >= 15 is 0 Å². The molecule has 0 spiro atoms. The van der Waals surface area contributed by atoms with E-state index in [1.807, 2.05) is 6.92 Å². The highest BCUT2D eigenvalue weighted by atomic mass is 32.2. The van der Waals surface area contributed by atoms with Gasteiger partial charge < -0.3 is 5.11 Å². The molecule has 1 aliphatic rings. The molecule has 1 aliphatic carbocycles. The fourth-order valence-electron chi connectivity index (χ4n) is 1.66. The number of hydrogen-bond acceptors (Lipinski definition) is 3. The van der Waals surface area contributed by atoms with Crippen LogP contribution in [-0.4, -0.2) is 30.6 Å². The predicted molar refractivity (Wildman–Crippen MR) is 52.3 cm³/mol. The Morgan fingerprint density at radius 3 is 2.23 bits per heavy atom. The van der Waals surface area contributed by atoms with Crippen molar-refractivity contribution >= 4 is 9.84 Å². The van der Waals surface area contributed by atoms with E-state index in [9.17, 15) is 13.5 Å². The van der Waals surface area contributed by atoms with Gasteiger partial charge in [-0.25, -0.2) is 8.42 Å². The normalized spacial score (nSPS) is 22.7. The van der Waals surface area contributed by atoms with Crippen molar-refractivity contribution in [1.82, 2.24) is 0 Å². The Labute approximate surface area is 80.1 Å². The molecule has 0 radical (unpaired) electrons. The Balaban J connectivity index is 2.71. The van der Waals surface area contributed by atoms with E-state index < -0.39 is 21.2 Å². The van der Waals surface area contributed by atoms with E-state index in [0.717, 1.165) is 12.8 Å². The molecule has 13 heavy (non-hydrogen) atoms. The molecule has 1 N–H and O–H groups in total. The topological polar surface area (TPSA) is 54.4 Å². The molecule has 3 nitrogen and oxygen atoms in total. The van der Waals surface area contributed by atoms with Crippen LogP contribution in [0.25, 0.3) is 0 Å². The van der Waals surface area contributed by atoms with Crippen LogP contribution in [0, 0.1) is 5.92 Å². The fourth-order valence-corrected chi connectivity index (χ4v) is 3.25. The van der Waals surface area contributed by atoms with Crippen LogP contribution in [0.15, 0.2) is 0 Å². The van der Waals surface area contributed by atoms with E-state index in [2.05, 4.69) is 0 Å². The fraction of sp³-hybridized carbons (Fsp3) is 1.00. The third kappa shape index (κ3) is 2.44. The van der Waals surface area contributed by atoms with Crippen LogP contribution in [0.3, 0.4) is 0 Å².